The Hall–Kier alpha value is -4.17. The molecule has 1 unspecified atom stereocenters. The third-order valence-corrected chi connectivity index (χ3v) is 5.50. The number of halogens is 3. The van der Waals surface area contributed by atoms with E-state index in [4.69, 9.17) is 5.26 Å². The number of ether oxygens (including phenoxy) is 1. The molecule has 0 aliphatic carbocycles. The van der Waals surface area contributed by atoms with Crippen LogP contribution in [0.25, 0.3) is 0 Å². The van der Waals surface area contributed by atoms with E-state index in [1.54, 1.807) is 42.5 Å². The summed E-state index contributed by atoms with van der Waals surface area (Å²) < 4.78 is 41.8. The van der Waals surface area contributed by atoms with Crippen LogP contribution >= 0.6 is 0 Å². The van der Waals surface area contributed by atoms with Gasteiger partial charge < -0.3 is 10.2 Å². The molecule has 2 heterocycles. The van der Waals surface area contributed by atoms with Crippen LogP contribution in [0.1, 0.15) is 38.9 Å². The third-order valence-electron chi connectivity index (χ3n) is 5.50. The van der Waals surface area contributed by atoms with Gasteiger partial charge in [0, 0.05) is 11.4 Å². The van der Waals surface area contributed by atoms with Gasteiger partial charge in [0.2, 0.25) is 0 Å². The van der Waals surface area contributed by atoms with Crippen molar-refractivity contribution in [2.75, 3.05) is 16.8 Å². The lowest BCUT2D eigenvalue weighted by atomic mass is 10.1. The number of anilines is 2. The molecule has 0 fully saturated rings. The zero-order chi connectivity index (χ0) is 25.2. The number of carbonyl (C=O) groups is 2. The summed E-state index contributed by atoms with van der Waals surface area (Å²) in [5, 5.41) is 15.9. The lowest BCUT2D eigenvalue weighted by Crippen LogP contribution is -2.47. The molecule has 1 atom stereocenters. The number of benzene rings is 2. The van der Waals surface area contributed by atoms with Crippen molar-refractivity contribution in [3.63, 3.8) is 0 Å². The molecule has 1 N–H and O–H groups in total. The Bertz CT molecular complexity index is 1290. The maximum absolute atomic E-state index is 13.4. The van der Waals surface area contributed by atoms with E-state index in [0.717, 1.165) is 0 Å². The Morgan fingerprint density at radius 3 is 2.69 bits per heavy atom. The topological polar surface area (TPSA) is 100 Å². The van der Waals surface area contributed by atoms with Crippen molar-refractivity contribution in [2.24, 2.45) is 0 Å². The molecule has 8 nitrogen and oxygen atoms in total. The Morgan fingerprint density at radius 1 is 1.26 bits per heavy atom. The van der Waals surface area contributed by atoms with Crippen LogP contribution in [0.15, 0.2) is 54.7 Å². The zero-order valence-corrected chi connectivity index (χ0v) is 18.5. The van der Waals surface area contributed by atoms with E-state index in [-0.39, 0.29) is 23.7 Å². The average Bonchev–Trinajstić information content (AvgIpc) is 3.23. The fourth-order valence-electron chi connectivity index (χ4n) is 3.91. The number of nitrogens with one attached hydrogen (secondary N) is 1. The minimum atomic E-state index is -4.68. The smallest absolute Gasteiger partial charge is 0.322 e. The number of aromatic nitrogens is 2. The van der Waals surface area contributed by atoms with Gasteiger partial charge in [0.15, 0.2) is 0 Å². The van der Waals surface area contributed by atoms with Crippen molar-refractivity contribution < 1.29 is 27.5 Å². The summed E-state index contributed by atoms with van der Waals surface area (Å²) in [5.41, 5.74) is 2.18. The van der Waals surface area contributed by atoms with Gasteiger partial charge in [-0.1, -0.05) is 18.2 Å². The first-order chi connectivity index (χ1) is 16.7. The highest BCUT2D eigenvalue weighted by molar-refractivity contribution is 6.15. The van der Waals surface area contributed by atoms with E-state index in [1.807, 2.05) is 13.0 Å². The van der Waals surface area contributed by atoms with Gasteiger partial charge in [0.05, 0.1) is 42.6 Å². The van der Waals surface area contributed by atoms with E-state index in [1.165, 1.54) is 21.8 Å². The molecule has 35 heavy (non-hydrogen) atoms. The van der Waals surface area contributed by atoms with Crippen LogP contribution in [0.4, 0.5) is 24.5 Å². The Morgan fingerprint density at radius 2 is 2.00 bits per heavy atom. The van der Waals surface area contributed by atoms with Crippen LogP contribution in [0, 0.1) is 11.3 Å². The first kappa shape index (κ1) is 24.0. The summed E-state index contributed by atoms with van der Waals surface area (Å²) in [6.07, 6.45) is -3.29. The molecule has 11 heteroatoms. The zero-order valence-electron chi connectivity index (χ0n) is 18.5. The molecular formula is C24H20F3N5O3. The summed E-state index contributed by atoms with van der Waals surface area (Å²) >= 11 is 0. The SMILES string of the molecule is CC1Cn2ncc(C(=O)Nc3cccc(C#N)c3)c2C(=O)N1c1ccc(CCOC(F)(F)F)cc1. The van der Waals surface area contributed by atoms with Crippen molar-refractivity contribution in [2.45, 2.75) is 32.3 Å². The van der Waals surface area contributed by atoms with Gasteiger partial charge in [-0.3, -0.25) is 19.0 Å². The highest BCUT2D eigenvalue weighted by atomic mass is 19.4. The van der Waals surface area contributed by atoms with E-state index in [9.17, 15) is 22.8 Å². The van der Waals surface area contributed by atoms with Crippen molar-refractivity contribution in [1.82, 2.24) is 9.78 Å². The minimum absolute atomic E-state index is 0.0629. The van der Waals surface area contributed by atoms with E-state index < -0.39 is 24.8 Å². The lowest BCUT2D eigenvalue weighted by molar-refractivity contribution is -0.324. The molecule has 0 saturated heterocycles. The predicted octanol–water partition coefficient (Wildman–Crippen LogP) is 4.13. The second-order valence-corrected chi connectivity index (χ2v) is 7.97. The summed E-state index contributed by atoms with van der Waals surface area (Å²) in [4.78, 5) is 27.9. The summed E-state index contributed by atoms with van der Waals surface area (Å²) in [5.74, 6) is -0.963. The van der Waals surface area contributed by atoms with Crippen LogP contribution in [0.5, 0.6) is 0 Å². The normalized spacial score (nSPS) is 15.5. The highest BCUT2D eigenvalue weighted by Gasteiger charge is 2.36. The maximum Gasteiger partial charge on any atom is 0.522 e. The number of fused-ring (bicyclic) bond motifs is 1. The summed E-state index contributed by atoms with van der Waals surface area (Å²) in [6.45, 7) is 1.68. The number of carbonyl (C=O) groups excluding carboxylic acids is 2. The number of nitriles is 1. The van der Waals surface area contributed by atoms with Crippen molar-refractivity contribution in [3.8, 4) is 6.07 Å². The van der Waals surface area contributed by atoms with Gasteiger partial charge >= 0.3 is 6.36 Å². The molecule has 1 aromatic heterocycles. The summed E-state index contributed by atoms with van der Waals surface area (Å²) in [6, 6.07) is 14.7. The molecule has 3 aromatic rings. The largest absolute Gasteiger partial charge is 0.522 e. The van der Waals surface area contributed by atoms with Gasteiger partial charge in [0.1, 0.15) is 5.69 Å². The lowest BCUT2D eigenvalue weighted by Gasteiger charge is -2.34. The van der Waals surface area contributed by atoms with Crippen molar-refractivity contribution in [1.29, 1.82) is 5.26 Å². The number of alkyl halides is 3. The second kappa shape index (κ2) is 9.60. The van der Waals surface area contributed by atoms with Crippen LogP contribution in [0.3, 0.4) is 0 Å². The Labute approximate surface area is 198 Å². The molecule has 0 bridgehead atoms. The van der Waals surface area contributed by atoms with Gasteiger partial charge in [-0.2, -0.15) is 10.4 Å². The number of hydrogen-bond donors (Lipinski definition) is 1. The number of amides is 2. The predicted molar refractivity (Wildman–Crippen MR) is 120 cm³/mol. The summed E-state index contributed by atoms with van der Waals surface area (Å²) in [7, 11) is 0. The Balaban J connectivity index is 1.53. The number of hydrogen-bond acceptors (Lipinski definition) is 5. The molecule has 2 aromatic carbocycles. The monoisotopic (exact) mass is 483 g/mol. The fourth-order valence-corrected chi connectivity index (χ4v) is 3.91. The molecule has 1 aliphatic heterocycles. The molecule has 180 valence electrons. The highest BCUT2D eigenvalue weighted by Crippen LogP contribution is 2.28. The van der Waals surface area contributed by atoms with Crippen LogP contribution in [-0.2, 0) is 17.7 Å². The van der Waals surface area contributed by atoms with E-state index in [2.05, 4.69) is 15.2 Å². The minimum Gasteiger partial charge on any atom is -0.322 e. The molecule has 4 rings (SSSR count). The van der Waals surface area contributed by atoms with Crippen molar-refractivity contribution in [3.05, 3.63) is 77.1 Å². The number of rotatable bonds is 6. The fraction of sp³-hybridized carbons (Fsp3) is 0.250. The second-order valence-electron chi connectivity index (χ2n) is 7.97. The number of nitrogens with zero attached hydrogens (tertiary/aromatic N) is 4. The molecule has 0 radical (unpaired) electrons. The van der Waals surface area contributed by atoms with Crippen LogP contribution in [0.2, 0.25) is 0 Å². The third kappa shape index (κ3) is 5.33. The van der Waals surface area contributed by atoms with E-state index in [0.29, 0.717) is 29.0 Å². The Kier molecular flexibility index (Phi) is 6.57. The quantitative estimate of drug-likeness (QED) is 0.568. The van der Waals surface area contributed by atoms with Gasteiger partial charge in [-0.15, -0.1) is 13.2 Å². The van der Waals surface area contributed by atoms with Crippen molar-refractivity contribution >= 4 is 23.2 Å². The van der Waals surface area contributed by atoms with Crippen LogP contribution in [-0.4, -0.2) is 40.6 Å². The molecule has 0 saturated carbocycles. The van der Waals surface area contributed by atoms with Gasteiger partial charge in [-0.05, 0) is 49.2 Å². The van der Waals surface area contributed by atoms with Gasteiger partial charge in [0.25, 0.3) is 11.8 Å². The van der Waals surface area contributed by atoms with E-state index >= 15 is 0 Å². The molecule has 1 aliphatic rings. The van der Waals surface area contributed by atoms with Gasteiger partial charge in [-0.25, -0.2) is 0 Å². The average molecular weight is 483 g/mol. The molecule has 2 amide bonds. The maximum atomic E-state index is 13.4. The standard InChI is InChI=1S/C24H20F3N5O3/c1-15-14-31-21(20(13-29-31)22(33)30-18-4-2-3-17(11-18)12-28)23(34)32(15)19-7-5-16(6-8-19)9-10-35-24(25,26)27/h2-8,11,13,15H,9-10,14H2,1H3,(H,30,33). The molecule has 0 spiro atoms. The first-order valence-electron chi connectivity index (χ1n) is 10.7. The van der Waals surface area contributed by atoms with Crippen LogP contribution < -0.4 is 10.2 Å². The molecular weight excluding hydrogens is 463 g/mol. The first-order valence-corrected chi connectivity index (χ1v) is 10.7.